The topological polar surface area (TPSA) is 41.3 Å². The Labute approximate surface area is 120 Å². The average Bonchev–Trinajstić information content (AvgIpc) is 2.79. The molecule has 1 aromatic carbocycles. The molecule has 0 spiro atoms. The zero-order valence-electron chi connectivity index (χ0n) is 12.5. The first-order chi connectivity index (χ1) is 9.65. The van der Waals surface area contributed by atoms with Crippen LogP contribution in [-0.2, 0) is 0 Å². The highest BCUT2D eigenvalue weighted by atomic mass is 16.3. The summed E-state index contributed by atoms with van der Waals surface area (Å²) in [5, 5.41) is 3.42. The first-order valence-electron chi connectivity index (χ1n) is 7.47. The Morgan fingerprint density at radius 2 is 2.00 bits per heavy atom. The molecule has 4 heteroatoms. The predicted molar refractivity (Wildman–Crippen MR) is 80.8 cm³/mol. The number of oxazole rings is 1. The van der Waals surface area contributed by atoms with Crippen LogP contribution in [-0.4, -0.2) is 36.1 Å². The van der Waals surface area contributed by atoms with Gasteiger partial charge >= 0.3 is 0 Å². The molecule has 1 unspecified atom stereocenters. The lowest BCUT2D eigenvalue weighted by Gasteiger charge is -2.37. The minimum atomic E-state index is 0.457. The van der Waals surface area contributed by atoms with Crippen molar-refractivity contribution in [2.24, 2.45) is 5.92 Å². The highest BCUT2D eigenvalue weighted by Crippen LogP contribution is 2.31. The standard InChI is InChI=1S/C16H23N3O/c1-11(2)16(19-8-6-17-7-9-19)13-4-5-15-14(10-13)18-12(3)20-15/h4-5,10-11,16-17H,6-9H2,1-3H3. The molecular formula is C16H23N3O. The molecule has 0 radical (unpaired) electrons. The van der Waals surface area contributed by atoms with Crippen LogP contribution in [0.5, 0.6) is 0 Å². The van der Waals surface area contributed by atoms with Crippen molar-refractivity contribution >= 4 is 11.1 Å². The van der Waals surface area contributed by atoms with Crippen LogP contribution in [0.15, 0.2) is 22.6 Å². The van der Waals surface area contributed by atoms with Gasteiger partial charge in [-0.3, -0.25) is 4.90 Å². The van der Waals surface area contributed by atoms with E-state index in [0.717, 1.165) is 43.2 Å². The van der Waals surface area contributed by atoms with Gasteiger partial charge in [0.15, 0.2) is 11.5 Å². The lowest BCUT2D eigenvalue weighted by Crippen LogP contribution is -2.46. The Bertz CT molecular complexity index is 584. The molecule has 3 rings (SSSR count). The summed E-state index contributed by atoms with van der Waals surface area (Å²) in [4.78, 5) is 7.04. The van der Waals surface area contributed by atoms with Gasteiger partial charge in [0.25, 0.3) is 0 Å². The van der Waals surface area contributed by atoms with Crippen molar-refractivity contribution < 1.29 is 4.42 Å². The maximum atomic E-state index is 5.57. The molecule has 1 saturated heterocycles. The molecule has 1 aliphatic heterocycles. The van der Waals surface area contributed by atoms with Crippen LogP contribution in [0, 0.1) is 12.8 Å². The van der Waals surface area contributed by atoms with Crippen LogP contribution in [0.4, 0.5) is 0 Å². The number of nitrogens with zero attached hydrogens (tertiary/aromatic N) is 2. The second kappa shape index (κ2) is 5.54. The van der Waals surface area contributed by atoms with Gasteiger partial charge in [0.1, 0.15) is 5.52 Å². The molecule has 1 fully saturated rings. The fraction of sp³-hybridized carbons (Fsp3) is 0.562. The van der Waals surface area contributed by atoms with Crippen LogP contribution in [0.25, 0.3) is 11.1 Å². The summed E-state index contributed by atoms with van der Waals surface area (Å²) in [6.07, 6.45) is 0. The third-order valence-electron chi connectivity index (χ3n) is 4.04. The summed E-state index contributed by atoms with van der Waals surface area (Å²) in [6, 6.07) is 6.90. The van der Waals surface area contributed by atoms with Crippen LogP contribution < -0.4 is 5.32 Å². The SMILES string of the molecule is Cc1nc2cc(C(C(C)C)N3CCNCC3)ccc2o1. The van der Waals surface area contributed by atoms with Crippen LogP contribution in [0.2, 0.25) is 0 Å². The van der Waals surface area contributed by atoms with E-state index in [1.54, 1.807) is 0 Å². The van der Waals surface area contributed by atoms with Gasteiger partial charge in [-0.2, -0.15) is 0 Å². The molecule has 0 aliphatic carbocycles. The second-order valence-electron chi connectivity index (χ2n) is 5.93. The number of aryl methyl sites for hydroxylation is 1. The smallest absolute Gasteiger partial charge is 0.192 e. The van der Waals surface area contributed by atoms with Gasteiger partial charge in [0, 0.05) is 39.1 Å². The lowest BCUT2D eigenvalue weighted by atomic mass is 9.93. The molecule has 0 amide bonds. The molecule has 4 nitrogen and oxygen atoms in total. The number of piperazine rings is 1. The van der Waals surface area contributed by atoms with Crippen LogP contribution in [0.1, 0.15) is 31.3 Å². The molecule has 108 valence electrons. The number of hydrogen-bond donors (Lipinski definition) is 1. The fourth-order valence-corrected chi connectivity index (χ4v) is 3.22. The van der Waals surface area contributed by atoms with Crippen molar-refractivity contribution in [3.8, 4) is 0 Å². The fourth-order valence-electron chi connectivity index (χ4n) is 3.22. The Morgan fingerprint density at radius 1 is 1.25 bits per heavy atom. The van der Waals surface area contributed by atoms with Gasteiger partial charge in [0.2, 0.25) is 0 Å². The molecule has 1 N–H and O–H groups in total. The van der Waals surface area contributed by atoms with E-state index in [1.165, 1.54) is 5.56 Å². The Kier molecular flexibility index (Phi) is 3.76. The highest BCUT2D eigenvalue weighted by Gasteiger charge is 2.25. The molecule has 2 heterocycles. The van der Waals surface area contributed by atoms with Crippen LogP contribution in [0.3, 0.4) is 0 Å². The minimum Gasteiger partial charge on any atom is -0.441 e. The van der Waals surface area contributed by atoms with Gasteiger partial charge in [0.05, 0.1) is 0 Å². The number of fused-ring (bicyclic) bond motifs is 1. The third kappa shape index (κ3) is 2.58. The van der Waals surface area contributed by atoms with Crippen molar-refractivity contribution in [3.63, 3.8) is 0 Å². The van der Waals surface area contributed by atoms with Gasteiger partial charge in [-0.25, -0.2) is 4.98 Å². The van der Waals surface area contributed by atoms with Crippen molar-refractivity contribution in [3.05, 3.63) is 29.7 Å². The van der Waals surface area contributed by atoms with E-state index in [1.807, 2.05) is 6.92 Å². The van der Waals surface area contributed by atoms with Crippen LogP contribution >= 0.6 is 0 Å². The normalized spacial score (nSPS) is 18.8. The quantitative estimate of drug-likeness (QED) is 0.933. The molecule has 2 aromatic rings. The van der Waals surface area contributed by atoms with E-state index in [9.17, 15) is 0 Å². The van der Waals surface area contributed by atoms with E-state index in [0.29, 0.717) is 12.0 Å². The zero-order chi connectivity index (χ0) is 14.1. The lowest BCUT2D eigenvalue weighted by molar-refractivity contribution is 0.137. The van der Waals surface area contributed by atoms with Crippen molar-refractivity contribution in [1.82, 2.24) is 15.2 Å². The monoisotopic (exact) mass is 273 g/mol. The zero-order valence-corrected chi connectivity index (χ0v) is 12.5. The van der Waals surface area contributed by atoms with E-state index in [2.05, 4.69) is 47.2 Å². The first kappa shape index (κ1) is 13.6. The van der Waals surface area contributed by atoms with E-state index in [4.69, 9.17) is 4.42 Å². The molecule has 0 bridgehead atoms. The summed E-state index contributed by atoms with van der Waals surface area (Å²) in [7, 11) is 0. The largest absolute Gasteiger partial charge is 0.441 e. The molecular weight excluding hydrogens is 250 g/mol. The first-order valence-corrected chi connectivity index (χ1v) is 7.47. The summed E-state index contributed by atoms with van der Waals surface area (Å²) in [5.41, 5.74) is 3.21. The average molecular weight is 273 g/mol. The molecule has 20 heavy (non-hydrogen) atoms. The van der Waals surface area contributed by atoms with Crippen molar-refractivity contribution in [1.29, 1.82) is 0 Å². The number of aromatic nitrogens is 1. The maximum absolute atomic E-state index is 5.57. The number of hydrogen-bond acceptors (Lipinski definition) is 4. The highest BCUT2D eigenvalue weighted by molar-refractivity contribution is 5.73. The Hall–Kier alpha value is -1.39. The van der Waals surface area contributed by atoms with Crippen molar-refractivity contribution in [2.45, 2.75) is 26.8 Å². The van der Waals surface area contributed by atoms with Gasteiger partial charge in [-0.05, 0) is 23.6 Å². The summed E-state index contributed by atoms with van der Waals surface area (Å²) in [6.45, 7) is 10.9. The summed E-state index contributed by atoms with van der Waals surface area (Å²) in [5.74, 6) is 1.32. The Morgan fingerprint density at radius 3 is 2.70 bits per heavy atom. The summed E-state index contributed by atoms with van der Waals surface area (Å²) < 4.78 is 5.57. The molecule has 1 aromatic heterocycles. The van der Waals surface area contributed by atoms with E-state index in [-0.39, 0.29) is 0 Å². The van der Waals surface area contributed by atoms with Gasteiger partial charge < -0.3 is 9.73 Å². The molecule has 0 saturated carbocycles. The van der Waals surface area contributed by atoms with Gasteiger partial charge in [-0.1, -0.05) is 19.9 Å². The predicted octanol–water partition coefficient (Wildman–Crippen LogP) is 2.74. The third-order valence-corrected chi connectivity index (χ3v) is 4.04. The molecule has 1 aliphatic rings. The number of rotatable bonds is 3. The second-order valence-corrected chi connectivity index (χ2v) is 5.93. The molecule has 1 atom stereocenters. The maximum Gasteiger partial charge on any atom is 0.192 e. The van der Waals surface area contributed by atoms with E-state index < -0.39 is 0 Å². The van der Waals surface area contributed by atoms with Gasteiger partial charge in [-0.15, -0.1) is 0 Å². The number of nitrogens with one attached hydrogen (secondary N) is 1. The van der Waals surface area contributed by atoms with Crippen molar-refractivity contribution in [2.75, 3.05) is 26.2 Å². The summed E-state index contributed by atoms with van der Waals surface area (Å²) >= 11 is 0. The number of benzene rings is 1. The Balaban J connectivity index is 1.95. The minimum absolute atomic E-state index is 0.457. The van der Waals surface area contributed by atoms with E-state index >= 15 is 0 Å².